The van der Waals surface area contributed by atoms with Gasteiger partial charge in [-0.2, -0.15) is 23.4 Å². The van der Waals surface area contributed by atoms with Crippen molar-refractivity contribution in [2.45, 2.75) is 31.5 Å². The molecule has 8 nitrogen and oxygen atoms in total. The van der Waals surface area contributed by atoms with Crippen LogP contribution in [0.4, 0.5) is 13.2 Å². The molecule has 0 atom stereocenters. The van der Waals surface area contributed by atoms with Crippen molar-refractivity contribution in [3.8, 4) is 0 Å². The molecule has 2 aromatic rings. The molecule has 27 heavy (non-hydrogen) atoms. The van der Waals surface area contributed by atoms with Crippen molar-refractivity contribution in [1.29, 1.82) is 0 Å². The lowest BCUT2D eigenvalue weighted by molar-refractivity contribution is -0.133. The molecule has 0 spiro atoms. The second-order valence-corrected chi connectivity index (χ2v) is 6.37. The standard InChI is InChI=1S/C16H19F3N6O2/c17-16(18,19)10-20-15(27)13-8-12(22-23-13)11-2-6-24(7-3-11)14(26)9-25-5-1-4-21-25/h1,4-5,8,11H,2-3,6-7,9-10H2,(H,20,27)(H,22,23). The fraction of sp³-hybridized carbons (Fsp3) is 0.500. The van der Waals surface area contributed by atoms with Crippen LogP contribution in [0.1, 0.15) is 34.9 Å². The summed E-state index contributed by atoms with van der Waals surface area (Å²) < 4.78 is 38.1. The van der Waals surface area contributed by atoms with Gasteiger partial charge in [-0.05, 0) is 25.0 Å². The fourth-order valence-corrected chi connectivity index (χ4v) is 3.01. The molecule has 0 aliphatic carbocycles. The maximum absolute atomic E-state index is 12.3. The minimum Gasteiger partial charge on any atom is -0.342 e. The van der Waals surface area contributed by atoms with E-state index in [1.807, 2.05) is 0 Å². The lowest BCUT2D eigenvalue weighted by Gasteiger charge is -2.31. The van der Waals surface area contributed by atoms with Crippen LogP contribution in [0.3, 0.4) is 0 Å². The lowest BCUT2D eigenvalue weighted by atomic mass is 9.93. The monoisotopic (exact) mass is 384 g/mol. The SMILES string of the molecule is O=C(NCC(F)(F)F)c1cc(C2CCN(C(=O)Cn3cccn3)CC2)[nH]n1. The molecular weight excluding hydrogens is 365 g/mol. The van der Waals surface area contributed by atoms with E-state index in [9.17, 15) is 22.8 Å². The smallest absolute Gasteiger partial charge is 0.342 e. The second-order valence-electron chi connectivity index (χ2n) is 6.37. The summed E-state index contributed by atoms with van der Waals surface area (Å²) in [5.41, 5.74) is 0.609. The molecule has 0 radical (unpaired) electrons. The third kappa shape index (κ3) is 5.08. The number of alkyl halides is 3. The predicted molar refractivity (Wildman–Crippen MR) is 87.8 cm³/mol. The summed E-state index contributed by atoms with van der Waals surface area (Å²) in [4.78, 5) is 25.7. The van der Waals surface area contributed by atoms with Crippen molar-refractivity contribution in [3.05, 3.63) is 35.9 Å². The number of H-pyrrole nitrogens is 1. The van der Waals surface area contributed by atoms with E-state index >= 15 is 0 Å². The van der Waals surface area contributed by atoms with Gasteiger partial charge in [0.1, 0.15) is 18.8 Å². The first kappa shape index (κ1) is 18.9. The Morgan fingerprint density at radius 2 is 2.04 bits per heavy atom. The van der Waals surface area contributed by atoms with Gasteiger partial charge in [0, 0.05) is 37.1 Å². The summed E-state index contributed by atoms with van der Waals surface area (Å²) in [6, 6.07) is 3.22. The number of halogens is 3. The highest BCUT2D eigenvalue weighted by Crippen LogP contribution is 2.27. The number of aromatic amines is 1. The molecule has 146 valence electrons. The number of hydrogen-bond donors (Lipinski definition) is 2. The summed E-state index contributed by atoms with van der Waals surface area (Å²) in [5, 5.41) is 12.3. The second kappa shape index (κ2) is 7.80. The summed E-state index contributed by atoms with van der Waals surface area (Å²) in [5.74, 6) is -0.828. The third-order valence-corrected chi connectivity index (χ3v) is 4.42. The van der Waals surface area contributed by atoms with Crippen molar-refractivity contribution in [3.63, 3.8) is 0 Å². The van der Waals surface area contributed by atoms with Crippen LogP contribution in [-0.2, 0) is 11.3 Å². The van der Waals surface area contributed by atoms with E-state index in [0.717, 1.165) is 0 Å². The number of nitrogens with zero attached hydrogens (tertiary/aromatic N) is 4. The van der Waals surface area contributed by atoms with Gasteiger partial charge in [-0.1, -0.05) is 0 Å². The number of nitrogens with one attached hydrogen (secondary N) is 2. The molecule has 1 fully saturated rings. The zero-order valence-corrected chi connectivity index (χ0v) is 14.4. The van der Waals surface area contributed by atoms with Gasteiger partial charge in [-0.3, -0.25) is 19.4 Å². The minimum atomic E-state index is -4.47. The average molecular weight is 384 g/mol. The van der Waals surface area contributed by atoms with Crippen molar-refractivity contribution < 1.29 is 22.8 Å². The van der Waals surface area contributed by atoms with Crippen LogP contribution in [0.15, 0.2) is 24.5 Å². The number of rotatable bonds is 5. The molecule has 0 saturated carbocycles. The first-order valence-electron chi connectivity index (χ1n) is 8.47. The summed E-state index contributed by atoms with van der Waals surface area (Å²) in [6.45, 7) is -0.102. The first-order chi connectivity index (χ1) is 12.8. The van der Waals surface area contributed by atoms with E-state index in [1.54, 1.807) is 33.4 Å². The van der Waals surface area contributed by atoms with E-state index in [2.05, 4.69) is 15.3 Å². The number of amides is 2. The van der Waals surface area contributed by atoms with E-state index in [0.29, 0.717) is 31.6 Å². The number of hydrogen-bond acceptors (Lipinski definition) is 4. The summed E-state index contributed by atoms with van der Waals surface area (Å²) >= 11 is 0. The van der Waals surface area contributed by atoms with Crippen LogP contribution in [0.2, 0.25) is 0 Å². The Morgan fingerprint density at radius 3 is 2.67 bits per heavy atom. The lowest BCUT2D eigenvalue weighted by Crippen LogP contribution is -2.39. The Kier molecular flexibility index (Phi) is 5.47. The predicted octanol–water partition coefficient (Wildman–Crippen LogP) is 1.30. The zero-order chi connectivity index (χ0) is 19.4. The number of likely N-dealkylation sites (tertiary alicyclic amines) is 1. The molecule has 1 saturated heterocycles. The van der Waals surface area contributed by atoms with Crippen molar-refractivity contribution >= 4 is 11.8 Å². The quantitative estimate of drug-likeness (QED) is 0.812. The number of carbonyl (C=O) groups excluding carboxylic acids is 2. The summed E-state index contributed by atoms with van der Waals surface area (Å²) in [6.07, 6.45) is 0.221. The number of carbonyl (C=O) groups is 2. The molecule has 2 aromatic heterocycles. The van der Waals surface area contributed by atoms with E-state index < -0.39 is 18.6 Å². The first-order valence-corrected chi connectivity index (χ1v) is 8.47. The molecule has 3 rings (SSSR count). The van der Waals surface area contributed by atoms with Crippen LogP contribution in [0.25, 0.3) is 0 Å². The molecule has 0 bridgehead atoms. The van der Waals surface area contributed by atoms with Gasteiger partial charge in [0.2, 0.25) is 5.91 Å². The normalized spacial score (nSPS) is 15.7. The van der Waals surface area contributed by atoms with Gasteiger partial charge in [-0.15, -0.1) is 0 Å². The van der Waals surface area contributed by atoms with Crippen LogP contribution in [-0.4, -0.2) is 62.5 Å². The van der Waals surface area contributed by atoms with Crippen LogP contribution >= 0.6 is 0 Å². The molecule has 1 aliphatic rings. The number of piperidine rings is 1. The molecule has 3 heterocycles. The Hall–Kier alpha value is -2.85. The zero-order valence-electron chi connectivity index (χ0n) is 14.4. The van der Waals surface area contributed by atoms with Gasteiger partial charge in [0.25, 0.3) is 5.91 Å². The molecule has 1 aliphatic heterocycles. The molecule has 2 N–H and O–H groups in total. The van der Waals surface area contributed by atoms with E-state index in [4.69, 9.17) is 0 Å². The Balaban J connectivity index is 1.50. The maximum atomic E-state index is 12.3. The van der Waals surface area contributed by atoms with Crippen molar-refractivity contribution in [2.75, 3.05) is 19.6 Å². The Morgan fingerprint density at radius 1 is 1.30 bits per heavy atom. The molecule has 0 aromatic carbocycles. The highest BCUT2D eigenvalue weighted by atomic mass is 19.4. The maximum Gasteiger partial charge on any atom is 0.405 e. The van der Waals surface area contributed by atoms with Gasteiger partial charge < -0.3 is 10.2 Å². The molecule has 11 heteroatoms. The third-order valence-electron chi connectivity index (χ3n) is 4.42. The molecule has 2 amide bonds. The van der Waals surface area contributed by atoms with Crippen molar-refractivity contribution in [1.82, 2.24) is 30.2 Å². The topological polar surface area (TPSA) is 95.9 Å². The van der Waals surface area contributed by atoms with E-state index in [-0.39, 0.29) is 24.1 Å². The molecular formula is C16H19F3N6O2. The molecule has 0 unspecified atom stereocenters. The van der Waals surface area contributed by atoms with Crippen LogP contribution in [0.5, 0.6) is 0 Å². The fourth-order valence-electron chi connectivity index (χ4n) is 3.01. The highest BCUT2D eigenvalue weighted by Gasteiger charge is 2.29. The average Bonchev–Trinajstić information content (AvgIpc) is 3.31. The van der Waals surface area contributed by atoms with Crippen LogP contribution < -0.4 is 5.32 Å². The number of aromatic nitrogens is 4. The van der Waals surface area contributed by atoms with Gasteiger partial charge in [0.15, 0.2) is 0 Å². The van der Waals surface area contributed by atoms with Gasteiger partial charge in [-0.25, -0.2) is 0 Å². The van der Waals surface area contributed by atoms with Gasteiger partial charge >= 0.3 is 6.18 Å². The summed E-state index contributed by atoms with van der Waals surface area (Å²) in [7, 11) is 0. The minimum absolute atomic E-state index is 0.0195. The largest absolute Gasteiger partial charge is 0.405 e. The van der Waals surface area contributed by atoms with Gasteiger partial charge in [0.05, 0.1) is 0 Å². The highest BCUT2D eigenvalue weighted by molar-refractivity contribution is 5.92. The Labute approximate surface area is 152 Å². The Bertz CT molecular complexity index is 778. The van der Waals surface area contributed by atoms with E-state index in [1.165, 1.54) is 6.07 Å². The van der Waals surface area contributed by atoms with Crippen LogP contribution in [0, 0.1) is 0 Å². The van der Waals surface area contributed by atoms with Crippen molar-refractivity contribution in [2.24, 2.45) is 0 Å².